The summed E-state index contributed by atoms with van der Waals surface area (Å²) >= 11 is 0. The van der Waals surface area contributed by atoms with Crippen LogP contribution < -0.4 is 5.46 Å². The van der Waals surface area contributed by atoms with Crippen LogP contribution in [0.1, 0.15) is 224 Å². The van der Waals surface area contributed by atoms with Crippen molar-refractivity contribution < 1.29 is 115 Å². The van der Waals surface area contributed by atoms with Crippen molar-refractivity contribution in [1.82, 2.24) is 4.81 Å². The van der Waals surface area contributed by atoms with Gasteiger partial charge in [-0.2, -0.15) is 9.59 Å². The fourth-order valence-corrected chi connectivity index (χ4v) is 28.7. The summed E-state index contributed by atoms with van der Waals surface area (Å²) in [4.78, 5) is 42.8. The van der Waals surface area contributed by atoms with E-state index in [1.807, 2.05) is 45.8 Å². The Morgan fingerprint density at radius 1 is 0.473 bits per heavy atom. The highest BCUT2D eigenvalue weighted by Gasteiger charge is 2.62. The molecule has 3 aromatic carbocycles. The summed E-state index contributed by atoms with van der Waals surface area (Å²) in [6.45, 7) is 56.9. The Bertz CT molecular complexity index is 4640. The van der Waals surface area contributed by atoms with Crippen molar-refractivity contribution in [2.75, 3.05) is 72.6 Å². The summed E-state index contributed by atoms with van der Waals surface area (Å²) in [5.74, 6) is 6.95. The van der Waals surface area contributed by atoms with Crippen LogP contribution in [0.15, 0.2) is 152 Å². The molecule has 27 rings (SSSR count). The average Bonchev–Trinajstić information content (AvgIpc) is 1.55. The van der Waals surface area contributed by atoms with Crippen molar-refractivity contribution >= 4 is 62.7 Å². The molecule has 13 saturated heterocycles. The van der Waals surface area contributed by atoms with Gasteiger partial charge in [-0.15, -0.1) is 0 Å². The molecule has 3 aromatic rings. The highest BCUT2D eigenvalue weighted by molar-refractivity contribution is 6.75. The maximum Gasteiger partial charge on any atom is 0.489 e. The van der Waals surface area contributed by atoms with Gasteiger partial charge in [-0.3, -0.25) is 9.59 Å². The van der Waals surface area contributed by atoms with Crippen LogP contribution in [0.3, 0.4) is 0 Å². The second kappa shape index (κ2) is 51.3. The Balaban J connectivity index is 0.000000139. The molecule has 30 heteroatoms. The number of hydrogen-bond acceptors (Lipinski definition) is 25. The molecule has 13 heterocycles. The molecule has 30 atom stereocenters. The van der Waals surface area contributed by atoms with E-state index in [0.29, 0.717) is 123 Å². The number of hydrogen-bond donors (Lipinski definition) is 5. The Morgan fingerprint density at radius 3 is 1.33 bits per heavy atom. The number of fused-ring (bicyclic) bond motifs is 12. The van der Waals surface area contributed by atoms with Crippen LogP contribution in [0.25, 0.3) is 0 Å². The largest absolute Gasteiger partial charge is 0.489 e. The Morgan fingerprint density at radius 2 is 0.884 bits per heavy atom. The molecule has 0 aromatic heterocycles. The molecule has 19 fully saturated rings. The van der Waals surface area contributed by atoms with Gasteiger partial charge in [0.15, 0.2) is 50.1 Å². The van der Waals surface area contributed by atoms with Gasteiger partial charge in [0.1, 0.15) is 11.2 Å². The highest BCUT2D eigenvalue weighted by Crippen LogP contribution is 2.56. The minimum absolute atomic E-state index is 0.00264. The third kappa shape index (κ3) is 27.4. The zero-order chi connectivity index (χ0) is 106. The molecule has 0 radical (unpaired) electrons. The number of aliphatic hydroxyl groups excluding tert-OH is 5. The van der Waals surface area contributed by atoms with Crippen molar-refractivity contribution in [3.05, 3.63) is 170 Å². The summed E-state index contributed by atoms with van der Waals surface area (Å²) in [6, 6.07) is 32.5. The van der Waals surface area contributed by atoms with Crippen molar-refractivity contribution in [2.45, 2.75) is 352 Å². The van der Waals surface area contributed by atoms with E-state index in [4.69, 9.17) is 79.5 Å². The average molecular weight is 2080 g/mol. The zero-order valence-electron chi connectivity index (χ0n) is 91.8. The molecule has 25 nitrogen and oxygen atoms in total. The van der Waals surface area contributed by atoms with Crippen LogP contribution in [0.5, 0.6) is 0 Å². The number of nitrogens with zero attached hydrogens (tertiary/aromatic N) is 1. The van der Waals surface area contributed by atoms with Crippen molar-refractivity contribution in [3.8, 4) is 0 Å². The van der Waals surface area contributed by atoms with Gasteiger partial charge in [0.25, 0.3) is 0 Å². The zero-order valence-corrected chi connectivity index (χ0v) is 94.8. The molecule has 11 aliphatic carbocycles. The predicted octanol–water partition coefficient (Wildman–Crippen LogP) is 19.3. The van der Waals surface area contributed by atoms with Crippen molar-refractivity contribution in [1.29, 1.82) is 0 Å². The van der Waals surface area contributed by atoms with Gasteiger partial charge < -0.3 is 100 Å². The SMILES string of the molecule is C1=CCCC=C1.CC(C)(C)[Si](C)(C)OC1C2CCC3C(OC2)OCC31.CC(C)(C)[Si](C)(C)O[C@@H]1[C@@H](CO)CC[C@H]2C(O)OC[C@@H]12.CCOC(=O)C1C2C=CC(CC2)C1O.CCOC(=O)C1C2C=CC(CC2)C1O[Si](C)(C)C(C)(C)C.O=C=O.OC1C2CCC3C(OC2)OCC13.OC1C2CCC3C(OC2)OCC13.[CH2+]C1(C)OB(/C=C/CC)OC1(C)C.c1ccc(B2OC(c3ccccc3)(c3ccccc3)[C@H]3CCCN23)cc1. The highest BCUT2D eigenvalue weighted by atomic mass is 28.4. The summed E-state index contributed by atoms with van der Waals surface area (Å²) < 4.78 is 87.9. The molecular weight excluding hydrogens is 1900 g/mol. The number of aliphatic hydroxyl groups is 5. The van der Waals surface area contributed by atoms with Crippen LogP contribution in [0.2, 0.25) is 54.4 Å². The van der Waals surface area contributed by atoms with Gasteiger partial charge in [-0.05, 0) is 226 Å². The quantitative estimate of drug-likeness (QED) is 0.0385. The maximum absolute atomic E-state index is 12.4. The summed E-state index contributed by atoms with van der Waals surface area (Å²) in [6.07, 6.45) is 37.3. The Hall–Kier alpha value is -5.43. The third-order valence-electron chi connectivity index (χ3n) is 36.7. The summed E-state index contributed by atoms with van der Waals surface area (Å²) in [5, 5.41) is 49.9. The van der Waals surface area contributed by atoms with E-state index in [9.17, 15) is 35.1 Å². The fourth-order valence-electron chi connectivity index (χ4n) is 24.6. The number of allylic oxidation sites excluding steroid dienone is 7. The van der Waals surface area contributed by atoms with Gasteiger partial charge in [0, 0.05) is 102 Å². The van der Waals surface area contributed by atoms with Crippen molar-refractivity contribution in [3.63, 3.8) is 0 Å². The number of ether oxygens (including phenoxy) is 9. The number of benzene rings is 3. The van der Waals surface area contributed by atoms with E-state index in [1.54, 1.807) is 6.92 Å². The van der Waals surface area contributed by atoms with Crippen molar-refractivity contribution in [2.24, 2.45) is 107 Å². The van der Waals surface area contributed by atoms with E-state index in [-0.39, 0.29) is 144 Å². The standard InChI is InChI=1S/C23H22BNO.C17H30O3Si.C15H30O4Si.C15H28O3Si.C11H16O3.C10H18BO2.2C9H14O3.C6H8.CO2/c1-4-11-19(12-5-1)23(20-13-6-2-7-14-20)22-17-10-18-25(22)24(26-23)21-15-8-3-9-16-21;1-7-19-16(18)14-12-8-10-13(11-9-12)15(14)20-21(5,6)17(2,3)4;1-15(2,3)20(4,5)19-13-10(8-16)6-7-11-12(13)9-18-14(11)17;1-15(2,3)19(4,5)18-13-10-6-7-11-12(13)9-17-14(11)16-8-10;1-2-14-11(13)9-7-3-5-8(6-4-7)10(9)12;1-6-7-8-11-12-9(2,3)10(4,5)13-11;2*10-8-5-1-2-6-7(8)4-12-9(6)11-3-5;1-2-4-6-5-3-1;2-1-3/h1-9,11-16,22H,10,17-18H2;8,10,12-15H,7,9,11H2,1-6H3;10-14,16-17H,6-9H2,1-5H3;10-14H,6-9H2,1-5H3;3,5,7-10,12H,2,4,6H2,1H3;7-8H,2,6H2,1,3-5H3;2*5-10H,1-4H2;1-4H,5-6H2;/q;;;;;+1;;;;/b;;;;;8-7+;;;;/t22-;;10-,11-,12-,13-,14?;;;;;;;/m1.1......./s1. The Kier molecular flexibility index (Phi) is 41.3. The van der Waals surface area contributed by atoms with Crippen LogP contribution >= 0.6 is 0 Å². The van der Waals surface area contributed by atoms with E-state index in [2.05, 4.69) is 254 Å². The summed E-state index contributed by atoms with van der Waals surface area (Å²) in [7, 11) is -5.70. The Labute approximate surface area is 877 Å². The first kappa shape index (κ1) is 118. The first-order chi connectivity index (χ1) is 69.3. The van der Waals surface area contributed by atoms with Gasteiger partial charge >= 0.3 is 32.3 Å². The van der Waals surface area contributed by atoms with Gasteiger partial charge in [0.05, 0.1) is 115 Å². The second-order valence-electron chi connectivity index (χ2n) is 49.3. The minimum Gasteiger partial charge on any atom is -0.466 e. The molecule has 0 spiro atoms. The first-order valence-electron chi connectivity index (χ1n) is 55.5. The molecule has 5 N–H and O–H groups in total. The van der Waals surface area contributed by atoms with E-state index in [1.165, 1.54) is 61.5 Å². The van der Waals surface area contributed by atoms with Crippen LogP contribution in [0.4, 0.5) is 0 Å². The molecule has 0 amide bonds. The lowest BCUT2D eigenvalue weighted by Crippen LogP contribution is -2.54. The maximum atomic E-state index is 12.4. The van der Waals surface area contributed by atoms with E-state index in [0.717, 1.165) is 84.0 Å². The molecule has 24 aliphatic rings. The lowest BCUT2D eigenvalue weighted by Gasteiger charge is -2.48. The summed E-state index contributed by atoms with van der Waals surface area (Å²) in [5.41, 5.74) is 2.54. The number of rotatable bonds is 16. The van der Waals surface area contributed by atoms with Gasteiger partial charge in [-0.25, -0.2) is 0 Å². The molecule has 16 bridgehead atoms. The van der Waals surface area contributed by atoms with Gasteiger partial charge in [0.2, 0.25) is 5.60 Å². The molecular formula is C116H180B2NO24Si3+. The van der Waals surface area contributed by atoms with E-state index >= 15 is 0 Å². The number of carbonyl (C=O) groups is 2. The smallest absolute Gasteiger partial charge is 0.466 e. The fraction of sp³-hybridized carbons (Fsp3) is 0.724. The molecule has 810 valence electrons. The van der Waals surface area contributed by atoms with Gasteiger partial charge in [-0.1, -0.05) is 221 Å². The topological polar surface area (TPSA) is 311 Å². The van der Waals surface area contributed by atoms with Crippen LogP contribution in [0, 0.1) is 113 Å². The molecule has 13 aliphatic heterocycles. The molecule has 6 saturated carbocycles. The second-order valence-corrected chi connectivity index (χ2v) is 63.5. The molecule has 146 heavy (non-hydrogen) atoms. The first-order valence-corrected chi connectivity index (χ1v) is 64.2. The number of carbonyl (C=O) groups excluding carboxylic acids is 4. The third-order valence-corrected chi connectivity index (χ3v) is 50.1. The monoisotopic (exact) mass is 2080 g/mol. The number of esters is 2. The van der Waals surface area contributed by atoms with E-state index < -0.39 is 48.5 Å². The lowest BCUT2D eigenvalue weighted by molar-refractivity contribution is -0.192. The lowest BCUT2D eigenvalue weighted by atomic mass is 9.67. The van der Waals surface area contributed by atoms with Crippen LogP contribution in [-0.2, 0) is 94.7 Å². The predicted molar refractivity (Wildman–Crippen MR) is 574 cm³/mol. The minimum atomic E-state index is -1.88. The van der Waals surface area contributed by atoms with Crippen LogP contribution in [-0.4, -0.2) is 239 Å². The molecule has 25 unspecified atom stereocenters. The normalized spacial score (nSPS) is 36.4.